The van der Waals surface area contributed by atoms with E-state index in [0.29, 0.717) is 13.2 Å². The Morgan fingerprint density at radius 2 is 2.00 bits per heavy atom. The zero-order chi connectivity index (χ0) is 18.9. The van der Waals surface area contributed by atoms with Gasteiger partial charge in [0.25, 0.3) is 5.91 Å². The quantitative estimate of drug-likeness (QED) is 0.665. The van der Waals surface area contributed by atoms with E-state index < -0.39 is 0 Å². The number of amides is 1. The Kier molecular flexibility index (Phi) is 7.02. The molecule has 2 N–H and O–H groups in total. The topological polar surface area (TPSA) is 59.6 Å². The maximum Gasteiger partial charge on any atom is 0.253 e. The molecule has 1 amide bonds. The number of carbonyl (C=O) groups excluding carboxylic acids is 1. The highest BCUT2D eigenvalue weighted by atomic mass is 16.5. The zero-order valence-electron chi connectivity index (χ0n) is 15.4. The Bertz CT molecular complexity index is 752. The summed E-state index contributed by atoms with van der Waals surface area (Å²) in [6.07, 6.45) is 3.16. The van der Waals surface area contributed by atoms with E-state index in [1.54, 1.807) is 6.08 Å². The summed E-state index contributed by atoms with van der Waals surface area (Å²) in [4.78, 5) is 12.2. The monoisotopic (exact) mass is 366 g/mol. The summed E-state index contributed by atoms with van der Waals surface area (Å²) in [5.41, 5.74) is 3.10. The smallest absolute Gasteiger partial charge is 0.253 e. The van der Waals surface area contributed by atoms with E-state index in [-0.39, 0.29) is 12.0 Å². The van der Waals surface area contributed by atoms with Crippen LogP contribution in [0.5, 0.6) is 5.75 Å². The van der Waals surface area contributed by atoms with Gasteiger partial charge in [-0.25, -0.2) is 0 Å². The molecule has 0 saturated carbocycles. The second-order valence-electron chi connectivity index (χ2n) is 6.54. The molecule has 5 heteroatoms. The average Bonchev–Trinajstić information content (AvgIpc) is 3.23. The molecule has 1 aliphatic rings. The van der Waals surface area contributed by atoms with Gasteiger partial charge >= 0.3 is 0 Å². The molecule has 1 unspecified atom stereocenters. The minimum absolute atomic E-state index is 0.0589. The van der Waals surface area contributed by atoms with Crippen molar-refractivity contribution in [1.82, 2.24) is 5.32 Å². The summed E-state index contributed by atoms with van der Waals surface area (Å²) in [6, 6.07) is 15.9. The number of rotatable bonds is 9. The number of ether oxygens (including phenoxy) is 2. The van der Waals surface area contributed by atoms with Gasteiger partial charge in [-0.3, -0.25) is 4.79 Å². The van der Waals surface area contributed by atoms with Crippen molar-refractivity contribution in [2.75, 3.05) is 18.5 Å². The number of nitrogens with one attached hydrogen (secondary N) is 2. The first-order valence-electron chi connectivity index (χ1n) is 9.29. The fourth-order valence-electron chi connectivity index (χ4n) is 2.98. The van der Waals surface area contributed by atoms with E-state index in [1.807, 2.05) is 48.5 Å². The number of hydrogen-bond donors (Lipinski definition) is 2. The van der Waals surface area contributed by atoms with E-state index in [9.17, 15) is 4.79 Å². The Hall–Kier alpha value is -2.63. The second-order valence-corrected chi connectivity index (χ2v) is 6.54. The van der Waals surface area contributed by atoms with Crippen LogP contribution >= 0.6 is 0 Å². The molecule has 0 radical (unpaired) electrons. The minimum atomic E-state index is -0.315. The van der Waals surface area contributed by atoms with Crippen molar-refractivity contribution in [3.05, 3.63) is 72.3 Å². The van der Waals surface area contributed by atoms with Gasteiger partial charge in [0.05, 0.1) is 0 Å². The third-order valence-electron chi connectivity index (χ3n) is 4.37. The van der Waals surface area contributed by atoms with Crippen LogP contribution in [0.3, 0.4) is 0 Å². The number of carbonyl (C=O) groups is 1. The van der Waals surface area contributed by atoms with Crippen molar-refractivity contribution in [3.63, 3.8) is 0 Å². The summed E-state index contributed by atoms with van der Waals surface area (Å²) in [7, 11) is 0. The SMILES string of the molecule is C=CCOc1ccc(CNCc2cccc(NC(=O)C3CCCO3)c2)cc1. The van der Waals surface area contributed by atoms with Gasteiger partial charge in [-0.1, -0.05) is 36.9 Å². The van der Waals surface area contributed by atoms with Gasteiger partial charge in [-0.15, -0.1) is 0 Å². The Morgan fingerprint density at radius 3 is 2.74 bits per heavy atom. The maximum atomic E-state index is 12.2. The van der Waals surface area contributed by atoms with E-state index in [0.717, 1.165) is 42.9 Å². The molecule has 0 bridgehead atoms. The van der Waals surface area contributed by atoms with Crippen LogP contribution in [0.25, 0.3) is 0 Å². The second kappa shape index (κ2) is 9.90. The molecular formula is C22H26N2O3. The largest absolute Gasteiger partial charge is 0.490 e. The molecule has 1 saturated heterocycles. The molecule has 1 heterocycles. The van der Waals surface area contributed by atoms with E-state index >= 15 is 0 Å². The molecule has 0 spiro atoms. The summed E-state index contributed by atoms with van der Waals surface area (Å²) in [6.45, 7) is 6.30. The third-order valence-corrected chi connectivity index (χ3v) is 4.37. The molecule has 3 rings (SSSR count). The van der Waals surface area contributed by atoms with Crippen molar-refractivity contribution >= 4 is 11.6 Å². The highest BCUT2D eigenvalue weighted by molar-refractivity contribution is 5.94. The van der Waals surface area contributed by atoms with E-state index in [1.165, 1.54) is 5.56 Å². The molecule has 2 aromatic rings. The predicted octanol–water partition coefficient (Wildman–Crippen LogP) is 3.66. The lowest BCUT2D eigenvalue weighted by Gasteiger charge is -2.12. The van der Waals surface area contributed by atoms with Crippen LogP contribution in [0.4, 0.5) is 5.69 Å². The van der Waals surface area contributed by atoms with Gasteiger partial charge < -0.3 is 20.1 Å². The van der Waals surface area contributed by atoms with Crippen molar-refractivity contribution in [1.29, 1.82) is 0 Å². The van der Waals surface area contributed by atoms with E-state index in [4.69, 9.17) is 9.47 Å². The fourth-order valence-corrected chi connectivity index (χ4v) is 2.98. The molecule has 1 atom stereocenters. The highest BCUT2D eigenvalue weighted by Gasteiger charge is 2.23. The molecule has 5 nitrogen and oxygen atoms in total. The average molecular weight is 366 g/mol. The van der Waals surface area contributed by atoms with Crippen molar-refractivity contribution in [2.45, 2.75) is 32.0 Å². The van der Waals surface area contributed by atoms with Crippen LogP contribution in [0.1, 0.15) is 24.0 Å². The van der Waals surface area contributed by atoms with Gasteiger partial charge in [0.1, 0.15) is 18.5 Å². The van der Waals surface area contributed by atoms with Crippen LogP contribution in [-0.4, -0.2) is 25.2 Å². The Morgan fingerprint density at radius 1 is 1.19 bits per heavy atom. The summed E-state index contributed by atoms with van der Waals surface area (Å²) in [5.74, 6) is 0.782. The molecular weight excluding hydrogens is 340 g/mol. The molecule has 1 fully saturated rings. The summed E-state index contributed by atoms with van der Waals surface area (Å²) in [5, 5.41) is 6.36. The lowest BCUT2D eigenvalue weighted by molar-refractivity contribution is -0.124. The first-order chi connectivity index (χ1) is 13.2. The fraction of sp³-hybridized carbons (Fsp3) is 0.318. The Labute approximate surface area is 160 Å². The summed E-state index contributed by atoms with van der Waals surface area (Å²) >= 11 is 0. The Balaban J connectivity index is 1.46. The molecule has 142 valence electrons. The molecule has 0 aliphatic carbocycles. The van der Waals surface area contributed by atoms with Crippen LogP contribution in [0.15, 0.2) is 61.2 Å². The third kappa shape index (κ3) is 5.94. The predicted molar refractivity (Wildman–Crippen MR) is 107 cm³/mol. The normalized spacial score (nSPS) is 16.1. The lowest BCUT2D eigenvalue weighted by Crippen LogP contribution is -2.26. The first-order valence-corrected chi connectivity index (χ1v) is 9.29. The van der Waals surface area contributed by atoms with Crippen molar-refractivity contribution < 1.29 is 14.3 Å². The number of benzene rings is 2. The lowest BCUT2D eigenvalue weighted by atomic mass is 10.1. The van der Waals surface area contributed by atoms with Crippen molar-refractivity contribution in [3.8, 4) is 5.75 Å². The zero-order valence-corrected chi connectivity index (χ0v) is 15.4. The molecule has 0 aromatic heterocycles. The van der Waals surface area contributed by atoms with Gasteiger partial charge in [0, 0.05) is 25.4 Å². The van der Waals surface area contributed by atoms with Gasteiger partial charge in [-0.2, -0.15) is 0 Å². The molecule has 1 aliphatic heterocycles. The molecule has 27 heavy (non-hydrogen) atoms. The number of anilines is 1. The van der Waals surface area contributed by atoms with Crippen LogP contribution in [-0.2, 0) is 22.6 Å². The van der Waals surface area contributed by atoms with Gasteiger partial charge in [0.15, 0.2) is 0 Å². The van der Waals surface area contributed by atoms with Crippen molar-refractivity contribution in [2.24, 2.45) is 0 Å². The standard InChI is InChI=1S/C22H26N2O3/c1-2-12-26-20-10-8-17(9-11-20)15-23-16-18-5-3-6-19(14-18)24-22(25)21-7-4-13-27-21/h2-3,5-6,8-11,14,21,23H,1,4,7,12-13,15-16H2,(H,24,25). The van der Waals surface area contributed by atoms with Crippen LogP contribution in [0.2, 0.25) is 0 Å². The van der Waals surface area contributed by atoms with Gasteiger partial charge in [-0.05, 0) is 48.2 Å². The molecule has 2 aromatic carbocycles. The minimum Gasteiger partial charge on any atom is -0.490 e. The summed E-state index contributed by atoms with van der Waals surface area (Å²) < 4.78 is 10.9. The van der Waals surface area contributed by atoms with Gasteiger partial charge in [0.2, 0.25) is 0 Å². The van der Waals surface area contributed by atoms with Crippen LogP contribution in [0, 0.1) is 0 Å². The number of hydrogen-bond acceptors (Lipinski definition) is 4. The maximum absolute atomic E-state index is 12.2. The highest BCUT2D eigenvalue weighted by Crippen LogP contribution is 2.17. The van der Waals surface area contributed by atoms with E-state index in [2.05, 4.69) is 17.2 Å². The van der Waals surface area contributed by atoms with Crippen LogP contribution < -0.4 is 15.4 Å². The first kappa shape index (κ1) is 19.1.